The zero-order valence-corrected chi connectivity index (χ0v) is 24.9. The van der Waals surface area contributed by atoms with Gasteiger partial charge < -0.3 is 14.8 Å². The molecule has 43 heavy (non-hydrogen) atoms. The summed E-state index contributed by atoms with van der Waals surface area (Å²) in [5.41, 5.74) is 1.92. The number of aromatic nitrogens is 7. The summed E-state index contributed by atoms with van der Waals surface area (Å²) in [7, 11) is 0. The number of H-pyrrole nitrogens is 1. The number of nitrogens with zero attached hydrogens (tertiary/aromatic N) is 7. The highest BCUT2D eigenvalue weighted by molar-refractivity contribution is 6.32. The summed E-state index contributed by atoms with van der Waals surface area (Å²) < 4.78 is 15.5. The second kappa shape index (κ2) is 12.1. The number of hydrogen-bond acceptors (Lipinski definition) is 9. The maximum Gasteiger partial charge on any atom is 0.287 e. The molecule has 4 aromatic rings. The van der Waals surface area contributed by atoms with E-state index in [9.17, 15) is 4.79 Å². The average molecular weight is 606 g/mol. The topological polar surface area (TPSA) is 128 Å². The van der Waals surface area contributed by atoms with E-state index in [1.54, 1.807) is 29.5 Å². The molecule has 3 aliphatic rings. The van der Waals surface area contributed by atoms with Crippen LogP contribution >= 0.6 is 11.6 Å². The molecule has 1 aliphatic carbocycles. The Morgan fingerprint density at radius 2 is 1.77 bits per heavy atom. The summed E-state index contributed by atoms with van der Waals surface area (Å²) in [6.45, 7) is 4.24. The molecule has 2 N–H and O–H groups in total. The van der Waals surface area contributed by atoms with Crippen molar-refractivity contribution < 1.29 is 9.47 Å². The maximum absolute atomic E-state index is 12.8. The third kappa shape index (κ3) is 6.04. The van der Waals surface area contributed by atoms with Crippen molar-refractivity contribution in [3.05, 3.63) is 64.8 Å². The molecule has 0 amide bonds. The Labute approximate surface area is 254 Å². The summed E-state index contributed by atoms with van der Waals surface area (Å²) in [6, 6.07) is 7.63. The molecular weight excluding hydrogens is 570 g/mol. The first-order valence-corrected chi connectivity index (χ1v) is 15.4. The Hall–Kier alpha value is -3.74. The molecule has 3 aromatic heterocycles. The third-order valence-corrected chi connectivity index (χ3v) is 9.24. The molecule has 3 atom stereocenters. The molecule has 7 rings (SSSR count). The first-order valence-electron chi connectivity index (χ1n) is 15.0. The number of morpholine rings is 1. The van der Waals surface area contributed by atoms with Crippen LogP contribution in [0.5, 0.6) is 5.75 Å². The van der Waals surface area contributed by atoms with E-state index in [0.29, 0.717) is 47.1 Å². The van der Waals surface area contributed by atoms with Crippen LogP contribution in [0.3, 0.4) is 0 Å². The standard InChI is InChI=1S/C30H36ClN9O3/c1-19(13-38-18-32-17-35-38)43-28-10-20(2-9-26(28)31)21-11-33-30(34-12-21)36-27-14-39(37-29(27)41)22-3-5-23(6-4-22)40-24-7-8-25(40)16-42-15-24/h2,9-12,14,17-19,22-25H,3-8,13,15-16H2,1H3,(H,37,41)(H,33,34,36)/t19-,22?,23?,24-,25+/m0/s1. The number of halogens is 1. The van der Waals surface area contributed by atoms with Gasteiger partial charge >= 0.3 is 0 Å². The number of ether oxygens (including phenoxy) is 2. The van der Waals surface area contributed by atoms with Crippen LogP contribution in [0.15, 0.2) is 54.2 Å². The van der Waals surface area contributed by atoms with Gasteiger partial charge in [-0.05, 0) is 63.1 Å². The van der Waals surface area contributed by atoms with Gasteiger partial charge in [-0.1, -0.05) is 17.7 Å². The smallest absolute Gasteiger partial charge is 0.287 e. The molecule has 1 aromatic carbocycles. The first-order chi connectivity index (χ1) is 21.0. The Morgan fingerprint density at radius 3 is 2.49 bits per heavy atom. The molecule has 2 aliphatic heterocycles. The van der Waals surface area contributed by atoms with E-state index in [1.807, 2.05) is 29.9 Å². The minimum atomic E-state index is -0.180. The highest BCUT2D eigenvalue weighted by Gasteiger charge is 2.42. The van der Waals surface area contributed by atoms with Crippen LogP contribution in [-0.4, -0.2) is 76.9 Å². The molecule has 2 bridgehead atoms. The molecule has 13 heteroatoms. The van der Waals surface area contributed by atoms with E-state index < -0.39 is 0 Å². The monoisotopic (exact) mass is 605 g/mol. The number of nitrogens with one attached hydrogen (secondary N) is 2. The molecule has 0 spiro atoms. The van der Waals surface area contributed by atoms with E-state index >= 15 is 0 Å². The molecule has 3 fully saturated rings. The van der Waals surface area contributed by atoms with E-state index in [0.717, 1.165) is 50.0 Å². The van der Waals surface area contributed by atoms with Crippen molar-refractivity contribution in [2.45, 2.75) is 82.3 Å². The molecule has 226 valence electrons. The van der Waals surface area contributed by atoms with E-state index in [2.05, 4.69) is 35.4 Å². The van der Waals surface area contributed by atoms with E-state index in [1.165, 1.54) is 19.2 Å². The van der Waals surface area contributed by atoms with Gasteiger partial charge in [0.15, 0.2) is 0 Å². The average Bonchev–Trinajstić information content (AvgIpc) is 3.72. The van der Waals surface area contributed by atoms with Crippen LogP contribution in [0.1, 0.15) is 51.5 Å². The van der Waals surface area contributed by atoms with Gasteiger partial charge in [-0.3, -0.25) is 19.5 Å². The van der Waals surface area contributed by atoms with Crippen LogP contribution in [0.4, 0.5) is 11.6 Å². The van der Waals surface area contributed by atoms with Crippen molar-refractivity contribution in [2.75, 3.05) is 18.5 Å². The van der Waals surface area contributed by atoms with Gasteiger partial charge in [0.05, 0.1) is 37.0 Å². The van der Waals surface area contributed by atoms with Crippen LogP contribution in [0.2, 0.25) is 5.02 Å². The van der Waals surface area contributed by atoms with E-state index in [4.69, 9.17) is 21.1 Å². The van der Waals surface area contributed by atoms with Crippen molar-refractivity contribution in [2.24, 2.45) is 0 Å². The van der Waals surface area contributed by atoms with Crippen molar-refractivity contribution in [3.8, 4) is 16.9 Å². The maximum atomic E-state index is 12.8. The second-order valence-corrected chi connectivity index (χ2v) is 12.2. The zero-order chi connectivity index (χ0) is 29.3. The molecule has 0 radical (unpaired) electrons. The molecular formula is C30H36ClN9O3. The minimum Gasteiger partial charge on any atom is -0.487 e. The number of hydrogen-bond donors (Lipinski definition) is 2. The summed E-state index contributed by atoms with van der Waals surface area (Å²) in [6.07, 6.45) is 15.1. The predicted molar refractivity (Wildman–Crippen MR) is 162 cm³/mol. The molecule has 12 nitrogen and oxygen atoms in total. The lowest BCUT2D eigenvalue weighted by atomic mass is 9.89. The zero-order valence-electron chi connectivity index (χ0n) is 24.1. The number of aromatic amines is 1. The highest BCUT2D eigenvalue weighted by atomic mass is 35.5. The van der Waals surface area contributed by atoms with Gasteiger partial charge in [0.25, 0.3) is 5.56 Å². The Kier molecular flexibility index (Phi) is 7.89. The van der Waals surface area contributed by atoms with Crippen molar-refractivity contribution in [1.29, 1.82) is 0 Å². The Morgan fingerprint density at radius 1 is 1.05 bits per heavy atom. The van der Waals surface area contributed by atoms with Gasteiger partial charge in [0.1, 0.15) is 30.2 Å². The fraction of sp³-hybridized carbons (Fsp3) is 0.500. The molecule has 5 heterocycles. The predicted octanol–water partition coefficient (Wildman–Crippen LogP) is 4.44. The molecule has 1 saturated carbocycles. The number of anilines is 2. The Balaban J connectivity index is 0.971. The molecule has 2 saturated heterocycles. The number of fused-ring (bicyclic) bond motifs is 2. The normalized spacial score (nSPS) is 24.6. The van der Waals surface area contributed by atoms with Crippen LogP contribution < -0.4 is 15.6 Å². The summed E-state index contributed by atoms with van der Waals surface area (Å²) in [5, 5.41) is 10.7. The highest BCUT2D eigenvalue weighted by Crippen LogP contribution is 2.38. The Bertz CT molecular complexity index is 1570. The largest absolute Gasteiger partial charge is 0.487 e. The van der Waals surface area contributed by atoms with Crippen LogP contribution in [0.25, 0.3) is 11.1 Å². The lowest BCUT2D eigenvalue weighted by Gasteiger charge is -2.43. The summed E-state index contributed by atoms with van der Waals surface area (Å²) in [4.78, 5) is 28.4. The van der Waals surface area contributed by atoms with E-state index in [-0.39, 0.29) is 17.7 Å². The van der Waals surface area contributed by atoms with Gasteiger partial charge in [-0.25, -0.2) is 19.6 Å². The van der Waals surface area contributed by atoms with Gasteiger partial charge in [0, 0.05) is 36.1 Å². The summed E-state index contributed by atoms with van der Waals surface area (Å²) >= 11 is 6.41. The second-order valence-electron chi connectivity index (χ2n) is 11.8. The van der Waals surface area contributed by atoms with Gasteiger partial charge in [0.2, 0.25) is 5.95 Å². The lowest BCUT2D eigenvalue weighted by molar-refractivity contribution is -0.0458. The van der Waals surface area contributed by atoms with Crippen LogP contribution in [0, 0.1) is 0 Å². The lowest BCUT2D eigenvalue weighted by Crippen LogP contribution is -2.52. The van der Waals surface area contributed by atoms with Gasteiger partial charge in [-0.2, -0.15) is 5.10 Å². The summed E-state index contributed by atoms with van der Waals surface area (Å²) in [5.74, 6) is 0.915. The fourth-order valence-corrected chi connectivity index (χ4v) is 7.03. The van der Waals surface area contributed by atoms with Gasteiger partial charge in [-0.15, -0.1) is 0 Å². The third-order valence-electron chi connectivity index (χ3n) is 8.92. The van der Waals surface area contributed by atoms with Crippen molar-refractivity contribution >= 4 is 23.2 Å². The fourth-order valence-electron chi connectivity index (χ4n) is 6.86. The molecule has 0 unspecified atom stereocenters. The number of benzene rings is 1. The first kappa shape index (κ1) is 28.1. The van der Waals surface area contributed by atoms with Crippen LogP contribution in [-0.2, 0) is 11.3 Å². The van der Waals surface area contributed by atoms with Crippen molar-refractivity contribution in [1.82, 2.24) is 39.4 Å². The quantitative estimate of drug-likeness (QED) is 0.285. The SMILES string of the molecule is C[C@@H](Cn1cncn1)Oc1cc(-c2cnc(Nc3cn(C4CCC(N5[C@@H]6CC[C@H]5COC6)CC4)[nH]c3=O)nc2)ccc1Cl. The number of rotatable bonds is 9. The van der Waals surface area contributed by atoms with Crippen molar-refractivity contribution in [3.63, 3.8) is 0 Å². The minimum absolute atomic E-state index is 0.169.